The van der Waals surface area contributed by atoms with Crippen LogP contribution in [0, 0.1) is 22.7 Å². The quantitative estimate of drug-likeness (QED) is 0.715. The van der Waals surface area contributed by atoms with Crippen LogP contribution in [0.25, 0.3) is 0 Å². The maximum absolute atomic E-state index is 14.3. The van der Waals surface area contributed by atoms with Gasteiger partial charge < -0.3 is 4.90 Å². The van der Waals surface area contributed by atoms with Crippen molar-refractivity contribution in [2.75, 3.05) is 13.1 Å². The molecule has 7 unspecified atom stereocenters. The van der Waals surface area contributed by atoms with Crippen LogP contribution < -0.4 is 0 Å². The Hall–Kier alpha value is -2.13. The molecule has 6 aliphatic rings. The average molecular weight is 425 g/mol. The van der Waals surface area contributed by atoms with Crippen LogP contribution >= 0.6 is 0 Å². The number of nitrogens with zero attached hydrogens (tertiary/aromatic N) is 2. The van der Waals surface area contributed by atoms with Crippen LogP contribution in [0.4, 0.5) is 0 Å². The first-order valence-corrected chi connectivity index (χ1v) is 12.8. The van der Waals surface area contributed by atoms with E-state index in [9.17, 15) is 4.79 Å². The lowest BCUT2D eigenvalue weighted by Crippen LogP contribution is -2.79. The lowest BCUT2D eigenvalue weighted by molar-refractivity contribution is -0.265. The fraction of sp³-hybridized carbons (Fsp3) is 0.552. The maximum Gasteiger partial charge on any atom is 0.229 e. The predicted molar refractivity (Wildman–Crippen MR) is 124 cm³/mol. The number of rotatable bonds is 4. The number of carbonyl (C=O) groups is 1. The number of carbonyl (C=O) groups excluding carboxylic acids is 1. The van der Waals surface area contributed by atoms with Crippen molar-refractivity contribution in [3.63, 3.8) is 0 Å². The van der Waals surface area contributed by atoms with E-state index in [0.717, 1.165) is 37.9 Å². The molecule has 2 aromatic carbocycles. The van der Waals surface area contributed by atoms with Gasteiger partial charge in [0.05, 0.1) is 5.41 Å². The van der Waals surface area contributed by atoms with Crippen molar-refractivity contribution in [2.24, 2.45) is 22.7 Å². The highest BCUT2D eigenvalue weighted by molar-refractivity contribution is 5.89. The molecular weight excluding hydrogens is 392 g/mol. The topological polar surface area (TPSA) is 23.6 Å². The molecule has 7 atom stereocenters. The van der Waals surface area contributed by atoms with Crippen LogP contribution in [-0.4, -0.2) is 40.9 Å². The summed E-state index contributed by atoms with van der Waals surface area (Å²) in [7, 11) is 0. The Morgan fingerprint density at radius 1 is 0.875 bits per heavy atom. The second kappa shape index (κ2) is 5.86. The second-order valence-corrected chi connectivity index (χ2v) is 12.0. The van der Waals surface area contributed by atoms with E-state index < -0.39 is 0 Å². The SMILES string of the molecule is O=C(N1CC2CC1CN2Cc1ccccc1)C12CC3CC4CC(c5ccccc5)(C1)C42C3. The highest BCUT2D eigenvalue weighted by Crippen LogP contribution is 2.91. The fourth-order valence-corrected chi connectivity index (χ4v) is 10.2. The van der Waals surface area contributed by atoms with Crippen LogP contribution in [0.15, 0.2) is 60.7 Å². The third-order valence-electron chi connectivity index (χ3n) is 11.0. The fourth-order valence-electron chi connectivity index (χ4n) is 10.2. The first kappa shape index (κ1) is 18.3. The van der Waals surface area contributed by atoms with Crippen molar-refractivity contribution in [1.82, 2.24) is 9.80 Å². The molecule has 2 aliphatic heterocycles. The number of piperazine rings is 1. The first-order valence-electron chi connectivity index (χ1n) is 12.8. The van der Waals surface area contributed by atoms with Gasteiger partial charge in [0.1, 0.15) is 0 Å². The Morgan fingerprint density at radius 3 is 2.38 bits per heavy atom. The van der Waals surface area contributed by atoms with Crippen molar-refractivity contribution < 1.29 is 4.79 Å². The Kier molecular flexibility index (Phi) is 3.35. The molecule has 8 rings (SSSR count). The summed E-state index contributed by atoms with van der Waals surface area (Å²) < 4.78 is 0. The predicted octanol–water partition coefficient (Wildman–Crippen LogP) is 4.62. The van der Waals surface area contributed by atoms with Crippen LogP contribution in [0.2, 0.25) is 0 Å². The summed E-state index contributed by atoms with van der Waals surface area (Å²) in [4.78, 5) is 19.3. The van der Waals surface area contributed by atoms with E-state index in [1.54, 1.807) is 0 Å². The van der Waals surface area contributed by atoms with Crippen LogP contribution in [-0.2, 0) is 16.8 Å². The van der Waals surface area contributed by atoms with Gasteiger partial charge in [-0.05, 0) is 66.9 Å². The molecule has 32 heavy (non-hydrogen) atoms. The molecule has 1 amide bonds. The van der Waals surface area contributed by atoms with Gasteiger partial charge in [0.25, 0.3) is 0 Å². The number of hydrogen-bond donors (Lipinski definition) is 0. The highest BCUT2D eigenvalue weighted by atomic mass is 16.2. The van der Waals surface area contributed by atoms with Gasteiger partial charge >= 0.3 is 0 Å². The highest BCUT2D eigenvalue weighted by Gasteiger charge is 2.89. The van der Waals surface area contributed by atoms with Crippen LogP contribution in [0.5, 0.6) is 0 Å². The Bertz CT molecular complexity index is 1100. The molecule has 2 aromatic rings. The molecule has 4 saturated carbocycles. The Balaban J connectivity index is 1.06. The van der Waals surface area contributed by atoms with Gasteiger partial charge in [-0.25, -0.2) is 0 Å². The molecule has 2 saturated heterocycles. The molecule has 0 radical (unpaired) electrons. The van der Waals surface area contributed by atoms with Crippen LogP contribution in [0.1, 0.15) is 49.7 Å². The van der Waals surface area contributed by atoms with Crippen molar-refractivity contribution in [3.05, 3.63) is 71.8 Å². The summed E-state index contributed by atoms with van der Waals surface area (Å²) in [6, 6.07) is 23.1. The summed E-state index contributed by atoms with van der Waals surface area (Å²) in [6.07, 6.45) is 7.52. The zero-order valence-corrected chi connectivity index (χ0v) is 18.7. The molecule has 0 aromatic heterocycles. The van der Waals surface area contributed by atoms with Gasteiger partial charge in [-0.2, -0.15) is 0 Å². The van der Waals surface area contributed by atoms with Crippen LogP contribution in [0.3, 0.4) is 0 Å². The average Bonchev–Trinajstić information content (AvgIpc) is 3.55. The van der Waals surface area contributed by atoms with E-state index in [4.69, 9.17) is 0 Å². The van der Waals surface area contributed by atoms with Crippen molar-refractivity contribution in [2.45, 2.75) is 62.6 Å². The number of hydrogen-bond acceptors (Lipinski definition) is 2. The zero-order chi connectivity index (χ0) is 21.1. The molecule has 3 nitrogen and oxygen atoms in total. The van der Waals surface area contributed by atoms with E-state index in [1.165, 1.54) is 43.2 Å². The van der Waals surface area contributed by atoms with Crippen molar-refractivity contribution in [1.29, 1.82) is 0 Å². The molecule has 4 bridgehead atoms. The second-order valence-electron chi connectivity index (χ2n) is 12.0. The molecular formula is C29H32N2O. The molecule has 164 valence electrons. The molecule has 4 aliphatic carbocycles. The van der Waals surface area contributed by atoms with Crippen molar-refractivity contribution in [3.8, 4) is 0 Å². The minimum Gasteiger partial charge on any atom is -0.336 e. The summed E-state index contributed by atoms with van der Waals surface area (Å²) in [5.41, 5.74) is 3.47. The van der Waals surface area contributed by atoms with Gasteiger partial charge in [0.15, 0.2) is 0 Å². The summed E-state index contributed by atoms with van der Waals surface area (Å²) in [5, 5.41) is 0. The van der Waals surface area contributed by atoms with Gasteiger partial charge in [0.2, 0.25) is 5.91 Å². The van der Waals surface area contributed by atoms with E-state index >= 15 is 0 Å². The lowest BCUT2D eigenvalue weighted by Gasteiger charge is -2.79. The molecule has 1 spiro atoms. The largest absolute Gasteiger partial charge is 0.336 e. The van der Waals surface area contributed by atoms with Gasteiger partial charge in [-0.1, -0.05) is 60.7 Å². The van der Waals surface area contributed by atoms with Crippen molar-refractivity contribution >= 4 is 5.91 Å². The third kappa shape index (κ3) is 1.90. The van der Waals surface area contributed by atoms with E-state index in [2.05, 4.69) is 70.5 Å². The summed E-state index contributed by atoms with van der Waals surface area (Å²) >= 11 is 0. The Morgan fingerprint density at radius 2 is 1.66 bits per heavy atom. The number of benzene rings is 2. The third-order valence-corrected chi connectivity index (χ3v) is 11.0. The maximum atomic E-state index is 14.3. The molecule has 0 N–H and O–H groups in total. The monoisotopic (exact) mass is 424 g/mol. The molecule has 2 heterocycles. The summed E-state index contributed by atoms with van der Waals surface area (Å²) in [5.74, 6) is 2.16. The van der Waals surface area contributed by atoms with Gasteiger partial charge in [0, 0.05) is 37.1 Å². The number of amides is 1. The first-order chi connectivity index (χ1) is 15.7. The number of fused-ring (bicyclic) bond motifs is 3. The number of likely N-dealkylation sites (tertiary alicyclic amines) is 2. The lowest BCUT2D eigenvalue weighted by atomic mass is 9.23. The van der Waals surface area contributed by atoms with E-state index in [-0.39, 0.29) is 10.8 Å². The summed E-state index contributed by atoms with van der Waals surface area (Å²) in [6.45, 7) is 3.05. The van der Waals surface area contributed by atoms with Gasteiger partial charge in [-0.3, -0.25) is 9.69 Å². The smallest absolute Gasteiger partial charge is 0.229 e. The normalized spacial score (nSPS) is 44.9. The minimum atomic E-state index is -0.0383. The minimum absolute atomic E-state index is 0.0383. The van der Waals surface area contributed by atoms with E-state index in [1.807, 2.05) is 0 Å². The molecule has 6 fully saturated rings. The zero-order valence-electron chi connectivity index (χ0n) is 18.7. The Labute approximate surface area is 190 Å². The molecule has 3 heteroatoms. The van der Waals surface area contributed by atoms with Gasteiger partial charge in [-0.15, -0.1) is 0 Å². The van der Waals surface area contributed by atoms with E-state index in [0.29, 0.717) is 23.4 Å². The standard InChI is InChI=1S/C29H32N2O/c32-26(31-18-24-12-25(31)17-30(24)16-20-7-3-1-4-8-20)28-13-21-11-23-15-27(19-28,29(23,28)14-21)22-9-5-2-6-10-22/h1-10,21,23-25H,11-19H2.